The van der Waals surface area contributed by atoms with E-state index in [1.54, 1.807) is 13.0 Å². The van der Waals surface area contributed by atoms with E-state index in [2.05, 4.69) is 20.2 Å². The highest BCUT2D eigenvalue weighted by atomic mass is 32.2. The van der Waals surface area contributed by atoms with Crippen molar-refractivity contribution in [1.82, 2.24) is 14.9 Å². The summed E-state index contributed by atoms with van der Waals surface area (Å²) in [5, 5.41) is 11.8. The topological polar surface area (TPSA) is 101 Å². The van der Waals surface area contributed by atoms with Crippen molar-refractivity contribution in [2.45, 2.75) is 24.8 Å². The van der Waals surface area contributed by atoms with Gasteiger partial charge in [0.15, 0.2) is 0 Å². The molecule has 1 amide bonds. The number of carbonyl (C=O) groups excluding carboxylic acids is 1. The van der Waals surface area contributed by atoms with Crippen LogP contribution in [0, 0.1) is 6.92 Å². The highest BCUT2D eigenvalue weighted by Gasteiger charge is 2.21. The molecule has 1 aromatic carbocycles. The van der Waals surface area contributed by atoms with E-state index in [9.17, 15) is 13.2 Å². The molecule has 0 aliphatic carbocycles. The lowest BCUT2D eigenvalue weighted by molar-refractivity contribution is -0.115. The van der Waals surface area contributed by atoms with E-state index >= 15 is 0 Å². The molecule has 1 aliphatic rings. The van der Waals surface area contributed by atoms with Gasteiger partial charge < -0.3 is 5.32 Å². The zero-order valence-electron chi connectivity index (χ0n) is 11.1. The van der Waals surface area contributed by atoms with E-state index in [1.165, 1.54) is 23.5 Å². The van der Waals surface area contributed by atoms with Crippen LogP contribution in [0.15, 0.2) is 23.1 Å². The second-order valence-electron chi connectivity index (χ2n) is 4.58. The molecule has 0 fully saturated rings. The van der Waals surface area contributed by atoms with Crippen LogP contribution >= 0.6 is 11.3 Å². The molecular weight excluding hydrogens is 312 g/mol. The van der Waals surface area contributed by atoms with Crippen molar-refractivity contribution in [3.05, 3.63) is 33.8 Å². The molecule has 9 heteroatoms. The normalized spacial score (nSPS) is 14.0. The maximum absolute atomic E-state index is 12.2. The molecule has 0 bridgehead atoms. The van der Waals surface area contributed by atoms with Crippen LogP contribution in [0.1, 0.15) is 15.6 Å². The van der Waals surface area contributed by atoms with E-state index in [-0.39, 0.29) is 23.8 Å². The predicted octanol–water partition coefficient (Wildman–Crippen LogP) is 0.820. The SMILES string of the molecule is Cc1nnc(CNS(=O)(=O)c2ccc3c(c2)CC(=O)N3)s1. The zero-order chi connectivity index (χ0) is 15.0. The summed E-state index contributed by atoms with van der Waals surface area (Å²) < 4.78 is 26.9. The van der Waals surface area contributed by atoms with Gasteiger partial charge in [-0.05, 0) is 30.7 Å². The Morgan fingerprint density at radius 1 is 1.38 bits per heavy atom. The van der Waals surface area contributed by atoms with Crippen LogP contribution in [0.4, 0.5) is 5.69 Å². The van der Waals surface area contributed by atoms with Gasteiger partial charge in [0.05, 0.1) is 17.9 Å². The third kappa shape index (κ3) is 2.94. The minimum absolute atomic E-state index is 0.0993. The lowest BCUT2D eigenvalue weighted by atomic mass is 10.2. The molecule has 2 N–H and O–H groups in total. The zero-order valence-corrected chi connectivity index (χ0v) is 12.7. The van der Waals surface area contributed by atoms with Crippen molar-refractivity contribution in [3.8, 4) is 0 Å². The second kappa shape index (κ2) is 5.17. The molecule has 110 valence electrons. The first-order valence-corrected chi connectivity index (χ1v) is 8.45. The van der Waals surface area contributed by atoms with Gasteiger partial charge in [-0.25, -0.2) is 13.1 Å². The Morgan fingerprint density at radius 2 is 2.19 bits per heavy atom. The Kier molecular flexibility index (Phi) is 3.47. The van der Waals surface area contributed by atoms with Gasteiger partial charge in [0.1, 0.15) is 10.0 Å². The number of rotatable bonds is 4. The first-order chi connectivity index (χ1) is 9.94. The van der Waals surface area contributed by atoms with E-state index in [0.717, 1.165) is 5.01 Å². The molecule has 2 aromatic rings. The van der Waals surface area contributed by atoms with Crippen LogP contribution in [0.5, 0.6) is 0 Å². The van der Waals surface area contributed by atoms with Gasteiger partial charge in [-0.3, -0.25) is 4.79 Å². The molecule has 1 aliphatic heterocycles. The third-order valence-corrected chi connectivity index (χ3v) is 5.23. The summed E-state index contributed by atoms with van der Waals surface area (Å²) in [4.78, 5) is 11.4. The highest BCUT2D eigenvalue weighted by molar-refractivity contribution is 7.89. The molecule has 7 nitrogen and oxygen atoms in total. The molecule has 0 atom stereocenters. The summed E-state index contributed by atoms with van der Waals surface area (Å²) in [5.74, 6) is -0.128. The van der Waals surface area contributed by atoms with E-state index in [0.29, 0.717) is 16.3 Å². The monoisotopic (exact) mass is 324 g/mol. The van der Waals surface area contributed by atoms with Crippen LogP contribution in [-0.2, 0) is 27.8 Å². The number of fused-ring (bicyclic) bond motifs is 1. The first-order valence-electron chi connectivity index (χ1n) is 6.15. The molecule has 0 radical (unpaired) electrons. The first kappa shape index (κ1) is 14.1. The fourth-order valence-corrected chi connectivity index (χ4v) is 3.80. The Hall–Kier alpha value is -1.84. The molecule has 3 rings (SSSR count). The number of nitrogens with zero attached hydrogens (tertiary/aromatic N) is 2. The number of amides is 1. The smallest absolute Gasteiger partial charge is 0.240 e. The number of carbonyl (C=O) groups is 1. The number of benzene rings is 1. The number of hydrogen-bond acceptors (Lipinski definition) is 6. The average molecular weight is 324 g/mol. The number of hydrogen-bond donors (Lipinski definition) is 2. The molecule has 1 aromatic heterocycles. The van der Waals surface area contributed by atoms with Crippen LogP contribution in [0.2, 0.25) is 0 Å². The maximum Gasteiger partial charge on any atom is 0.240 e. The van der Waals surface area contributed by atoms with Gasteiger partial charge in [0.25, 0.3) is 0 Å². The minimum atomic E-state index is -3.64. The molecule has 0 saturated heterocycles. The van der Waals surface area contributed by atoms with Gasteiger partial charge in [0.2, 0.25) is 15.9 Å². The summed E-state index contributed by atoms with van der Waals surface area (Å²) in [5.41, 5.74) is 1.35. The van der Waals surface area contributed by atoms with Crippen molar-refractivity contribution in [2.24, 2.45) is 0 Å². The molecule has 21 heavy (non-hydrogen) atoms. The molecule has 2 heterocycles. The predicted molar refractivity (Wildman–Crippen MR) is 77.4 cm³/mol. The minimum Gasteiger partial charge on any atom is -0.326 e. The summed E-state index contributed by atoms with van der Waals surface area (Å²) in [6, 6.07) is 4.59. The van der Waals surface area contributed by atoms with Crippen LogP contribution < -0.4 is 10.0 Å². The summed E-state index contributed by atoms with van der Waals surface area (Å²) in [6.45, 7) is 1.91. The van der Waals surface area contributed by atoms with E-state index in [4.69, 9.17) is 0 Å². The van der Waals surface area contributed by atoms with Crippen LogP contribution in [0.3, 0.4) is 0 Å². The van der Waals surface area contributed by atoms with Gasteiger partial charge in [0, 0.05) is 5.69 Å². The lowest BCUT2D eigenvalue weighted by Crippen LogP contribution is -2.23. The van der Waals surface area contributed by atoms with Gasteiger partial charge >= 0.3 is 0 Å². The number of anilines is 1. The highest BCUT2D eigenvalue weighted by Crippen LogP contribution is 2.25. The molecule has 0 saturated carbocycles. The van der Waals surface area contributed by atoms with E-state index in [1.807, 2.05) is 0 Å². The lowest BCUT2D eigenvalue weighted by Gasteiger charge is -2.06. The Bertz CT molecular complexity index is 814. The maximum atomic E-state index is 12.2. The van der Waals surface area contributed by atoms with Crippen molar-refractivity contribution in [1.29, 1.82) is 0 Å². The summed E-state index contributed by atoms with van der Waals surface area (Å²) in [6.07, 6.45) is 0.203. The van der Waals surface area contributed by atoms with Crippen molar-refractivity contribution in [2.75, 3.05) is 5.32 Å². The van der Waals surface area contributed by atoms with Crippen molar-refractivity contribution >= 4 is 33.0 Å². The fraction of sp³-hybridized carbons (Fsp3) is 0.250. The standard InChI is InChI=1S/C12H12N4O3S2/c1-7-15-16-12(20-7)6-13-21(18,19)9-2-3-10-8(4-9)5-11(17)14-10/h2-4,13H,5-6H2,1H3,(H,14,17). The fourth-order valence-electron chi connectivity index (χ4n) is 2.02. The van der Waals surface area contributed by atoms with Crippen molar-refractivity contribution < 1.29 is 13.2 Å². The Labute approximate surface area is 125 Å². The molecule has 0 spiro atoms. The Morgan fingerprint density at radius 3 is 2.90 bits per heavy atom. The summed E-state index contributed by atoms with van der Waals surface area (Å²) in [7, 11) is -3.64. The van der Waals surface area contributed by atoms with Crippen LogP contribution in [-0.4, -0.2) is 24.5 Å². The quantitative estimate of drug-likeness (QED) is 0.867. The summed E-state index contributed by atoms with van der Waals surface area (Å²) >= 11 is 1.34. The third-order valence-electron chi connectivity index (χ3n) is 2.99. The molecule has 0 unspecified atom stereocenters. The number of nitrogens with one attached hydrogen (secondary N) is 2. The van der Waals surface area contributed by atoms with Crippen LogP contribution in [0.25, 0.3) is 0 Å². The Balaban J connectivity index is 1.79. The van der Waals surface area contributed by atoms with E-state index < -0.39 is 10.0 Å². The van der Waals surface area contributed by atoms with Gasteiger partial charge in [-0.2, -0.15) is 0 Å². The number of aryl methyl sites for hydroxylation is 1. The van der Waals surface area contributed by atoms with Crippen molar-refractivity contribution in [3.63, 3.8) is 0 Å². The van der Waals surface area contributed by atoms with Gasteiger partial charge in [-0.1, -0.05) is 0 Å². The largest absolute Gasteiger partial charge is 0.326 e. The van der Waals surface area contributed by atoms with Gasteiger partial charge in [-0.15, -0.1) is 21.5 Å². The second-order valence-corrected chi connectivity index (χ2v) is 7.62. The average Bonchev–Trinajstić information content (AvgIpc) is 3.00. The molecular formula is C12H12N4O3S2. The number of sulfonamides is 1. The number of aromatic nitrogens is 2.